The van der Waals surface area contributed by atoms with Crippen LogP contribution in [0.4, 0.5) is 0 Å². The first-order valence-electron chi connectivity index (χ1n) is 10.1. The highest BCUT2D eigenvalue weighted by atomic mass is 16.5. The number of benzene rings is 2. The van der Waals surface area contributed by atoms with Gasteiger partial charge in [-0.25, -0.2) is 0 Å². The molecule has 0 aliphatic rings. The van der Waals surface area contributed by atoms with Gasteiger partial charge in [0.25, 0.3) is 0 Å². The highest BCUT2D eigenvalue weighted by Gasteiger charge is 2.04. The molecule has 2 aromatic carbocycles. The van der Waals surface area contributed by atoms with Gasteiger partial charge in [0.2, 0.25) is 0 Å². The van der Waals surface area contributed by atoms with Gasteiger partial charge in [-0.2, -0.15) is 0 Å². The van der Waals surface area contributed by atoms with Crippen LogP contribution in [-0.2, 0) is 19.5 Å². The van der Waals surface area contributed by atoms with Crippen LogP contribution in [0.15, 0.2) is 53.5 Å². The minimum absolute atomic E-state index is 0.750. The standard InChI is InChI=1S/C23H34N4O/c1-5-27(6-2)18-20-13-11-19(12-14-20)17-26-23(24-3)25-16-15-21-9-7-8-10-22(21)28-4/h7-14H,5-6,15-18H2,1-4H3,(H2,24,25,26). The SMILES string of the molecule is CCN(CC)Cc1ccc(CNC(=NC)NCCc2ccccc2OC)cc1. The maximum absolute atomic E-state index is 5.41. The van der Waals surface area contributed by atoms with Crippen LogP contribution in [0.3, 0.4) is 0 Å². The second-order valence-electron chi connectivity index (χ2n) is 6.69. The summed E-state index contributed by atoms with van der Waals surface area (Å²) in [7, 11) is 3.51. The molecule has 0 aromatic heterocycles. The maximum atomic E-state index is 5.41. The van der Waals surface area contributed by atoms with Crippen molar-refractivity contribution in [1.29, 1.82) is 0 Å². The van der Waals surface area contributed by atoms with Gasteiger partial charge in [0, 0.05) is 26.7 Å². The van der Waals surface area contributed by atoms with Crippen molar-refractivity contribution in [2.75, 3.05) is 33.8 Å². The van der Waals surface area contributed by atoms with Crippen molar-refractivity contribution in [3.05, 3.63) is 65.2 Å². The van der Waals surface area contributed by atoms with Gasteiger partial charge >= 0.3 is 0 Å². The summed E-state index contributed by atoms with van der Waals surface area (Å²) in [5, 5.41) is 6.75. The van der Waals surface area contributed by atoms with Crippen molar-refractivity contribution in [1.82, 2.24) is 15.5 Å². The van der Waals surface area contributed by atoms with Crippen LogP contribution in [0.5, 0.6) is 5.75 Å². The summed E-state index contributed by atoms with van der Waals surface area (Å²) in [5.41, 5.74) is 3.79. The number of methoxy groups -OCH3 is 1. The minimum Gasteiger partial charge on any atom is -0.496 e. The van der Waals surface area contributed by atoms with Crippen molar-refractivity contribution < 1.29 is 4.74 Å². The van der Waals surface area contributed by atoms with Gasteiger partial charge in [0.15, 0.2) is 5.96 Å². The third-order valence-electron chi connectivity index (χ3n) is 4.89. The van der Waals surface area contributed by atoms with Gasteiger partial charge in [-0.1, -0.05) is 56.3 Å². The molecule has 0 bridgehead atoms. The monoisotopic (exact) mass is 382 g/mol. The molecule has 152 valence electrons. The molecule has 2 aromatic rings. The molecule has 28 heavy (non-hydrogen) atoms. The Labute approximate surface area is 169 Å². The number of nitrogens with one attached hydrogen (secondary N) is 2. The molecule has 2 rings (SSSR count). The fourth-order valence-electron chi connectivity index (χ4n) is 3.10. The summed E-state index contributed by atoms with van der Waals surface area (Å²) in [5.74, 6) is 1.74. The zero-order chi connectivity index (χ0) is 20.2. The summed E-state index contributed by atoms with van der Waals surface area (Å²) >= 11 is 0. The fraction of sp³-hybridized carbons (Fsp3) is 0.435. The molecule has 0 aliphatic heterocycles. The fourth-order valence-corrected chi connectivity index (χ4v) is 3.10. The molecular weight excluding hydrogens is 348 g/mol. The van der Waals surface area contributed by atoms with E-state index in [0.717, 1.165) is 50.9 Å². The van der Waals surface area contributed by atoms with Crippen molar-refractivity contribution in [3.8, 4) is 5.75 Å². The second-order valence-corrected chi connectivity index (χ2v) is 6.69. The molecule has 0 atom stereocenters. The van der Waals surface area contributed by atoms with Crippen molar-refractivity contribution in [2.24, 2.45) is 4.99 Å². The molecule has 0 radical (unpaired) electrons. The molecule has 0 spiro atoms. The van der Waals surface area contributed by atoms with E-state index >= 15 is 0 Å². The van der Waals surface area contributed by atoms with Crippen molar-refractivity contribution in [2.45, 2.75) is 33.4 Å². The number of rotatable bonds is 10. The number of ether oxygens (including phenoxy) is 1. The number of hydrogen-bond donors (Lipinski definition) is 2. The summed E-state index contributed by atoms with van der Waals surface area (Å²) in [6.45, 7) is 9.12. The van der Waals surface area contributed by atoms with Crippen LogP contribution in [0.1, 0.15) is 30.5 Å². The third-order valence-corrected chi connectivity index (χ3v) is 4.89. The normalized spacial score (nSPS) is 11.5. The Balaban J connectivity index is 1.78. The van der Waals surface area contributed by atoms with E-state index in [1.807, 2.05) is 18.2 Å². The molecule has 2 N–H and O–H groups in total. The van der Waals surface area contributed by atoms with E-state index in [1.165, 1.54) is 16.7 Å². The lowest BCUT2D eigenvalue weighted by molar-refractivity contribution is 0.296. The first kappa shape index (κ1) is 21.8. The highest BCUT2D eigenvalue weighted by molar-refractivity contribution is 5.79. The van der Waals surface area contributed by atoms with Crippen LogP contribution in [0, 0.1) is 0 Å². The summed E-state index contributed by atoms with van der Waals surface area (Å²) < 4.78 is 5.41. The van der Waals surface area contributed by atoms with Gasteiger partial charge < -0.3 is 15.4 Å². The van der Waals surface area contributed by atoms with E-state index in [2.05, 4.69) is 64.7 Å². The van der Waals surface area contributed by atoms with Gasteiger partial charge in [-0.15, -0.1) is 0 Å². The molecule has 0 fully saturated rings. The summed E-state index contributed by atoms with van der Waals surface area (Å²) in [6.07, 6.45) is 0.880. The number of aliphatic imine (C=N–C) groups is 1. The van der Waals surface area contributed by atoms with Gasteiger partial charge in [0.05, 0.1) is 7.11 Å². The second kappa shape index (κ2) is 12.0. The van der Waals surface area contributed by atoms with E-state index in [4.69, 9.17) is 4.74 Å². The Bertz CT molecular complexity index is 724. The van der Waals surface area contributed by atoms with Crippen LogP contribution < -0.4 is 15.4 Å². The largest absolute Gasteiger partial charge is 0.496 e. The molecule has 0 unspecified atom stereocenters. The summed E-state index contributed by atoms with van der Waals surface area (Å²) in [6, 6.07) is 16.9. The van der Waals surface area contributed by atoms with Crippen LogP contribution in [0.25, 0.3) is 0 Å². The lowest BCUT2D eigenvalue weighted by Crippen LogP contribution is -2.37. The molecule has 0 saturated heterocycles. The molecular formula is C23H34N4O. The van der Waals surface area contributed by atoms with Gasteiger partial charge in [-0.3, -0.25) is 9.89 Å². The van der Waals surface area contributed by atoms with Crippen LogP contribution >= 0.6 is 0 Å². The van der Waals surface area contributed by atoms with Crippen molar-refractivity contribution >= 4 is 5.96 Å². The number of para-hydroxylation sites is 1. The van der Waals surface area contributed by atoms with E-state index in [-0.39, 0.29) is 0 Å². The Morgan fingerprint density at radius 3 is 2.29 bits per heavy atom. The Morgan fingerprint density at radius 1 is 0.964 bits per heavy atom. The topological polar surface area (TPSA) is 48.9 Å². The average molecular weight is 383 g/mol. The highest BCUT2D eigenvalue weighted by Crippen LogP contribution is 2.17. The quantitative estimate of drug-likeness (QED) is 0.488. The van der Waals surface area contributed by atoms with Gasteiger partial charge in [0.1, 0.15) is 5.75 Å². The van der Waals surface area contributed by atoms with Crippen LogP contribution in [-0.4, -0.2) is 44.7 Å². The third kappa shape index (κ3) is 6.89. The molecule has 0 heterocycles. The number of guanidine groups is 1. The maximum Gasteiger partial charge on any atom is 0.191 e. The van der Waals surface area contributed by atoms with Crippen molar-refractivity contribution in [3.63, 3.8) is 0 Å². The molecule has 5 nitrogen and oxygen atoms in total. The van der Waals surface area contributed by atoms with E-state index in [9.17, 15) is 0 Å². The minimum atomic E-state index is 0.750. The first-order valence-corrected chi connectivity index (χ1v) is 10.1. The lowest BCUT2D eigenvalue weighted by Gasteiger charge is -2.18. The Morgan fingerprint density at radius 2 is 1.64 bits per heavy atom. The predicted octanol–water partition coefficient (Wildman–Crippen LogP) is 3.44. The number of hydrogen-bond acceptors (Lipinski definition) is 3. The molecule has 0 saturated carbocycles. The zero-order valence-electron chi connectivity index (χ0n) is 17.7. The molecule has 5 heteroatoms. The Kier molecular flexibility index (Phi) is 9.35. The number of nitrogens with zero attached hydrogens (tertiary/aromatic N) is 2. The van der Waals surface area contributed by atoms with E-state index in [1.54, 1.807) is 14.2 Å². The Hall–Kier alpha value is -2.53. The average Bonchev–Trinajstić information content (AvgIpc) is 2.75. The predicted molar refractivity (Wildman–Crippen MR) is 118 cm³/mol. The smallest absolute Gasteiger partial charge is 0.191 e. The van der Waals surface area contributed by atoms with Crippen LogP contribution in [0.2, 0.25) is 0 Å². The lowest BCUT2D eigenvalue weighted by atomic mass is 10.1. The first-order chi connectivity index (χ1) is 13.7. The summed E-state index contributed by atoms with van der Waals surface area (Å²) in [4.78, 5) is 6.73. The van der Waals surface area contributed by atoms with E-state index in [0.29, 0.717) is 0 Å². The van der Waals surface area contributed by atoms with E-state index < -0.39 is 0 Å². The molecule has 0 aliphatic carbocycles. The van der Waals surface area contributed by atoms with Gasteiger partial charge in [-0.05, 0) is 42.3 Å². The zero-order valence-corrected chi connectivity index (χ0v) is 17.7. The molecule has 0 amide bonds.